The second-order valence-corrected chi connectivity index (χ2v) is 9.14. The van der Waals surface area contributed by atoms with Crippen molar-refractivity contribution in [1.82, 2.24) is 0 Å². The van der Waals surface area contributed by atoms with Crippen LogP contribution in [-0.2, 0) is 16.2 Å². The number of nitrogens with zero attached hydrogens (tertiary/aromatic N) is 1. The third-order valence-corrected chi connectivity index (χ3v) is 6.67. The number of anilines is 1. The first kappa shape index (κ1) is 25.7. The number of aliphatic hydroxyl groups excluding tert-OH is 1. The first-order valence-corrected chi connectivity index (χ1v) is 12.4. The van der Waals surface area contributed by atoms with Crippen LogP contribution in [0.2, 0.25) is 0 Å². The summed E-state index contributed by atoms with van der Waals surface area (Å²) in [5, 5.41) is 11.5. The van der Waals surface area contributed by atoms with Crippen LogP contribution in [0.3, 0.4) is 0 Å². The summed E-state index contributed by atoms with van der Waals surface area (Å²) in [5.41, 5.74) is 2.85. The highest BCUT2D eigenvalue weighted by Gasteiger charge is 2.48. The van der Waals surface area contributed by atoms with Crippen LogP contribution < -0.4 is 14.4 Å². The summed E-state index contributed by atoms with van der Waals surface area (Å²) in [4.78, 5) is 28.0. The predicted octanol–water partition coefficient (Wildman–Crippen LogP) is 6.35. The van der Waals surface area contributed by atoms with E-state index in [-0.39, 0.29) is 11.3 Å². The van der Waals surface area contributed by atoms with Crippen LogP contribution in [0.15, 0.2) is 103 Å². The molecule has 0 aromatic heterocycles. The SMILES string of the molecule is COc1ccccc1C1/C(=C(\O)c2ccc(OCc3ccccc3)c(C)c2)C(=O)C(=O)N1c1ccc(F)cc1. The van der Waals surface area contributed by atoms with Gasteiger partial charge in [-0.2, -0.15) is 0 Å². The van der Waals surface area contributed by atoms with Gasteiger partial charge >= 0.3 is 0 Å². The van der Waals surface area contributed by atoms with Crippen LogP contribution in [0, 0.1) is 12.7 Å². The number of hydrogen-bond acceptors (Lipinski definition) is 5. The van der Waals surface area contributed by atoms with E-state index in [2.05, 4.69) is 0 Å². The minimum absolute atomic E-state index is 0.0915. The van der Waals surface area contributed by atoms with E-state index in [1.807, 2.05) is 37.3 Å². The number of hydrogen-bond donors (Lipinski definition) is 1. The fourth-order valence-electron chi connectivity index (χ4n) is 4.74. The molecule has 5 rings (SSSR count). The standard InChI is InChI=1S/C32H26FNO5/c1-20-18-22(12-17-26(20)39-19-21-8-4-3-5-9-21)30(35)28-29(25-10-6-7-11-27(25)38-2)34(32(37)31(28)36)24-15-13-23(33)14-16-24/h3-18,29,35H,19H2,1-2H3/b30-28+. The van der Waals surface area contributed by atoms with Gasteiger partial charge in [-0.25, -0.2) is 4.39 Å². The first-order chi connectivity index (χ1) is 18.9. The number of ketones is 1. The molecule has 0 bridgehead atoms. The van der Waals surface area contributed by atoms with E-state index in [1.165, 1.54) is 36.3 Å². The lowest BCUT2D eigenvalue weighted by molar-refractivity contribution is -0.132. The van der Waals surface area contributed by atoms with Crippen molar-refractivity contribution in [2.24, 2.45) is 0 Å². The molecule has 1 aliphatic heterocycles. The number of ether oxygens (including phenoxy) is 2. The second kappa shape index (κ2) is 10.8. The summed E-state index contributed by atoms with van der Waals surface area (Å²) in [5.74, 6) is -1.43. The van der Waals surface area contributed by atoms with Crippen molar-refractivity contribution >= 4 is 23.1 Å². The lowest BCUT2D eigenvalue weighted by Crippen LogP contribution is -2.29. The van der Waals surface area contributed by atoms with Gasteiger partial charge in [0.25, 0.3) is 11.7 Å². The lowest BCUT2D eigenvalue weighted by atomic mass is 9.94. The van der Waals surface area contributed by atoms with Crippen LogP contribution in [0.4, 0.5) is 10.1 Å². The zero-order valence-electron chi connectivity index (χ0n) is 21.4. The molecule has 1 atom stereocenters. The van der Waals surface area contributed by atoms with Gasteiger partial charge in [-0.1, -0.05) is 48.5 Å². The number of methoxy groups -OCH3 is 1. The molecule has 1 amide bonds. The monoisotopic (exact) mass is 523 g/mol. The molecule has 1 aliphatic rings. The highest BCUT2D eigenvalue weighted by molar-refractivity contribution is 6.51. The molecule has 4 aromatic rings. The summed E-state index contributed by atoms with van der Waals surface area (Å²) in [6, 6.07) is 26.1. The molecule has 4 aromatic carbocycles. The summed E-state index contributed by atoms with van der Waals surface area (Å²) >= 11 is 0. The average molecular weight is 524 g/mol. The molecule has 39 heavy (non-hydrogen) atoms. The summed E-state index contributed by atoms with van der Waals surface area (Å²) in [6.07, 6.45) is 0. The molecule has 1 fully saturated rings. The van der Waals surface area contributed by atoms with E-state index in [9.17, 15) is 19.1 Å². The molecule has 7 heteroatoms. The Labute approximate surface area is 225 Å². The van der Waals surface area contributed by atoms with Gasteiger partial charge in [0.05, 0.1) is 18.7 Å². The molecule has 0 saturated carbocycles. The molecule has 1 saturated heterocycles. The Morgan fingerprint density at radius 1 is 0.897 bits per heavy atom. The number of para-hydroxylation sites is 1. The smallest absolute Gasteiger partial charge is 0.300 e. The maximum Gasteiger partial charge on any atom is 0.300 e. The number of aryl methyl sites for hydroxylation is 1. The summed E-state index contributed by atoms with van der Waals surface area (Å²) < 4.78 is 25.2. The number of benzene rings is 4. The Balaban J connectivity index is 1.58. The minimum Gasteiger partial charge on any atom is -0.507 e. The van der Waals surface area contributed by atoms with Crippen molar-refractivity contribution < 1.29 is 28.6 Å². The Hall–Kier alpha value is -4.91. The molecule has 196 valence electrons. The van der Waals surface area contributed by atoms with Crippen molar-refractivity contribution in [3.8, 4) is 11.5 Å². The fourth-order valence-corrected chi connectivity index (χ4v) is 4.74. The lowest BCUT2D eigenvalue weighted by Gasteiger charge is -2.26. The Morgan fingerprint density at radius 2 is 1.59 bits per heavy atom. The van der Waals surface area contributed by atoms with Gasteiger partial charge in [-0.15, -0.1) is 0 Å². The van der Waals surface area contributed by atoms with E-state index in [1.54, 1.807) is 42.5 Å². The maximum atomic E-state index is 13.7. The van der Waals surface area contributed by atoms with Crippen molar-refractivity contribution in [2.45, 2.75) is 19.6 Å². The van der Waals surface area contributed by atoms with Crippen LogP contribution in [-0.4, -0.2) is 23.9 Å². The van der Waals surface area contributed by atoms with Gasteiger partial charge in [0.15, 0.2) is 0 Å². The molecule has 0 aliphatic carbocycles. The number of carbonyl (C=O) groups excluding carboxylic acids is 2. The summed E-state index contributed by atoms with van der Waals surface area (Å²) in [7, 11) is 1.49. The normalized spacial score (nSPS) is 16.4. The Kier molecular flexibility index (Phi) is 7.14. The van der Waals surface area contributed by atoms with Gasteiger partial charge < -0.3 is 14.6 Å². The second-order valence-electron chi connectivity index (χ2n) is 9.14. The van der Waals surface area contributed by atoms with Crippen molar-refractivity contribution in [3.05, 3.63) is 131 Å². The third-order valence-electron chi connectivity index (χ3n) is 6.67. The van der Waals surface area contributed by atoms with Crippen molar-refractivity contribution in [3.63, 3.8) is 0 Å². The number of aliphatic hydroxyl groups is 1. The molecular weight excluding hydrogens is 497 g/mol. The largest absolute Gasteiger partial charge is 0.507 e. The number of Topliss-reactive ketones (excluding diaryl/α,β-unsaturated/α-hetero) is 1. The van der Waals surface area contributed by atoms with Gasteiger partial charge in [-0.3, -0.25) is 14.5 Å². The topological polar surface area (TPSA) is 76.1 Å². The number of halogens is 1. The minimum atomic E-state index is -0.999. The van der Waals surface area contributed by atoms with Gasteiger partial charge in [0, 0.05) is 16.8 Å². The molecule has 1 unspecified atom stereocenters. The fraction of sp³-hybridized carbons (Fsp3) is 0.125. The van der Waals surface area contributed by atoms with Crippen molar-refractivity contribution in [2.75, 3.05) is 12.0 Å². The molecule has 0 spiro atoms. The van der Waals surface area contributed by atoms with E-state index in [4.69, 9.17) is 9.47 Å². The Bertz CT molecular complexity index is 1560. The highest BCUT2D eigenvalue weighted by Crippen LogP contribution is 2.45. The molecule has 0 radical (unpaired) electrons. The highest BCUT2D eigenvalue weighted by atomic mass is 19.1. The van der Waals surface area contributed by atoms with Crippen molar-refractivity contribution in [1.29, 1.82) is 0 Å². The number of amides is 1. The summed E-state index contributed by atoms with van der Waals surface area (Å²) in [6.45, 7) is 2.22. The maximum absolute atomic E-state index is 13.7. The van der Waals surface area contributed by atoms with E-state index >= 15 is 0 Å². The third kappa shape index (κ3) is 4.99. The van der Waals surface area contributed by atoms with Crippen LogP contribution >= 0.6 is 0 Å². The quantitative estimate of drug-likeness (QED) is 0.174. The average Bonchev–Trinajstić information content (AvgIpc) is 3.22. The van der Waals surface area contributed by atoms with E-state index in [0.717, 1.165) is 11.1 Å². The van der Waals surface area contributed by atoms with E-state index in [0.29, 0.717) is 34.9 Å². The van der Waals surface area contributed by atoms with Gasteiger partial charge in [0.2, 0.25) is 0 Å². The van der Waals surface area contributed by atoms with Gasteiger partial charge in [-0.05, 0) is 66.6 Å². The Morgan fingerprint density at radius 3 is 2.28 bits per heavy atom. The van der Waals surface area contributed by atoms with Crippen LogP contribution in [0.1, 0.15) is 28.3 Å². The number of rotatable bonds is 7. The zero-order chi connectivity index (χ0) is 27.5. The van der Waals surface area contributed by atoms with Crippen LogP contribution in [0.5, 0.6) is 11.5 Å². The molecular formula is C32H26FNO5. The first-order valence-electron chi connectivity index (χ1n) is 12.4. The van der Waals surface area contributed by atoms with Crippen LogP contribution in [0.25, 0.3) is 5.76 Å². The molecule has 1 N–H and O–H groups in total. The predicted molar refractivity (Wildman–Crippen MR) is 146 cm³/mol. The van der Waals surface area contributed by atoms with Gasteiger partial charge in [0.1, 0.15) is 29.7 Å². The zero-order valence-corrected chi connectivity index (χ0v) is 21.4. The van der Waals surface area contributed by atoms with E-state index < -0.39 is 23.5 Å². The molecule has 6 nitrogen and oxygen atoms in total. The number of carbonyl (C=O) groups is 2. The molecule has 1 heterocycles.